The van der Waals surface area contributed by atoms with Crippen molar-refractivity contribution in [1.29, 1.82) is 0 Å². The van der Waals surface area contributed by atoms with Gasteiger partial charge < -0.3 is 14.8 Å². The third kappa shape index (κ3) is 6.09. The molecule has 0 aromatic heterocycles. The summed E-state index contributed by atoms with van der Waals surface area (Å²) in [6.07, 6.45) is 0.0306. The van der Waals surface area contributed by atoms with Crippen LogP contribution in [0.3, 0.4) is 0 Å². The van der Waals surface area contributed by atoms with Crippen molar-refractivity contribution in [2.45, 2.75) is 30.7 Å². The zero-order chi connectivity index (χ0) is 21.1. The smallest absolute Gasteiger partial charge is 0.343 e. The van der Waals surface area contributed by atoms with Crippen molar-refractivity contribution in [3.05, 3.63) is 66.2 Å². The van der Waals surface area contributed by atoms with Crippen LogP contribution >= 0.6 is 11.8 Å². The second-order valence-corrected chi connectivity index (χ2v) is 7.25. The summed E-state index contributed by atoms with van der Waals surface area (Å²) in [4.78, 5) is 39.5. The zero-order valence-electron chi connectivity index (χ0n) is 16.6. The lowest BCUT2D eigenvalue weighted by molar-refractivity contribution is -0.165. The van der Waals surface area contributed by atoms with Gasteiger partial charge in [0.05, 0.1) is 13.2 Å². The summed E-state index contributed by atoms with van der Waals surface area (Å²) in [6.45, 7) is 3.44. The number of carbonyl (C=O) groups excluding carboxylic acids is 3. The molecule has 1 amide bonds. The molecule has 2 rings (SSSR count). The first-order valence-electron chi connectivity index (χ1n) is 9.43. The van der Waals surface area contributed by atoms with Crippen LogP contribution in [0, 0.1) is 0 Å². The van der Waals surface area contributed by atoms with Crippen LogP contribution in [0.4, 0.5) is 0 Å². The number of amides is 1. The first-order valence-corrected chi connectivity index (χ1v) is 10.4. The number of hydrogen-bond donors (Lipinski definition) is 1. The van der Waals surface area contributed by atoms with Crippen LogP contribution in [0.2, 0.25) is 0 Å². The van der Waals surface area contributed by atoms with Gasteiger partial charge in [0.25, 0.3) is 5.91 Å². The zero-order valence-corrected chi connectivity index (χ0v) is 17.4. The van der Waals surface area contributed by atoms with E-state index in [0.29, 0.717) is 11.3 Å². The van der Waals surface area contributed by atoms with Gasteiger partial charge in [-0.1, -0.05) is 36.4 Å². The standard InChI is InChI=1S/C22H25NO5S/c1-3-27-20(25)22(21(26)28-4-2,15-16-29-18-13-9-6-10-14-18)23-19(24)17-11-7-5-8-12-17/h5-14H,3-4,15-16H2,1-2H3,(H,23,24). The number of carbonyl (C=O) groups is 3. The van der Waals surface area contributed by atoms with Crippen molar-refractivity contribution in [2.24, 2.45) is 0 Å². The van der Waals surface area contributed by atoms with Crippen LogP contribution in [0.1, 0.15) is 30.6 Å². The minimum atomic E-state index is -1.92. The fourth-order valence-corrected chi connectivity index (χ4v) is 3.65. The highest BCUT2D eigenvalue weighted by Gasteiger charge is 2.50. The summed E-state index contributed by atoms with van der Waals surface area (Å²) >= 11 is 1.47. The highest BCUT2D eigenvalue weighted by molar-refractivity contribution is 7.99. The Balaban J connectivity index is 2.29. The topological polar surface area (TPSA) is 81.7 Å². The van der Waals surface area contributed by atoms with Gasteiger partial charge in [-0.3, -0.25) is 4.79 Å². The van der Waals surface area contributed by atoms with E-state index < -0.39 is 23.4 Å². The van der Waals surface area contributed by atoms with Crippen molar-refractivity contribution >= 4 is 29.6 Å². The normalized spacial score (nSPS) is 10.8. The second kappa shape index (κ2) is 11.3. The molecule has 0 spiro atoms. The minimum Gasteiger partial charge on any atom is -0.464 e. The lowest BCUT2D eigenvalue weighted by atomic mass is 9.95. The van der Waals surface area contributed by atoms with E-state index in [4.69, 9.17) is 9.47 Å². The Hall–Kier alpha value is -2.80. The Labute approximate surface area is 175 Å². The van der Waals surface area contributed by atoms with Crippen molar-refractivity contribution in [3.63, 3.8) is 0 Å². The molecule has 0 bridgehead atoms. The molecule has 154 valence electrons. The molecule has 0 saturated carbocycles. The number of esters is 2. The molecule has 7 heteroatoms. The summed E-state index contributed by atoms with van der Waals surface area (Å²) in [5.41, 5.74) is -1.58. The van der Waals surface area contributed by atoms with Gasteiger partial charge in [-0.05, 0) is 38.1 Å². The quantitative estimate of drug-likeness (QED) is 0.364. The van der Waals surface area contributed by atoms with Gasteiger partial charge in [0, 0.05) is 22.6 Å². The van der Waals surface area contributed by atoms with Crippen molar-refractivity contribution in [3.8, 4) is 0 Å². The van der Waals surface area contributed by atoms with E-state index >= 15 is 0 Å². The summed E-state index contributed by atoms with van der Waals surface area (Å²) < 4.78 is 10.3. The molecule has 0 radical (unpaired) electrons. The number of hydrogen-bond acceptors (Lipinski definition) is 6. The van der Waals surface area contributed by atoms with E-state index in [2.05, 4.69) is 5.32 Å². The fourth-order valence-electron chi connectivity index (χ4n) is 2.65. The van der Waals surface area contributed by atoms with E-state index in [9.17, 15) is 14.4 Å². The average molecular weight is 416 g/mol. The molecular weight excluding hydrogens is 390 g/mol. The van der Waals surface area contributed by atoms with Gasteiger partial charge in [-0.15, -0.1) is 11.8 Å². The molecular formula is C22H25NO5S. The maximum Gasteiger partial charge on any atom is 0.343 e. The summed E-state index contributed by atoms with van der Waals surface area (Å²) in [5, 5.41) is 2.60. The van der Waals surface area contributed by atoms with Crippen LogP contribution < -0.4 is 5.32 Å². The lowest BCUT2D eigenvalue weighted by Crippen LogP contribution is -2.61. The Morgan fingerprint density at radius 2 is 1.38 bits per heavy atom. The number of thioether (sulfide) groups is 1. The van der Waals surface area contributed by atoms with Crippen LogP contribution in [-0.4, -0.2) is 42.4 Å². The molecule has 29 heavy (non-hydrogen) atoms. The summed E-state index contributed by atoms with van der Waals surface area (Å²) in [6, 6.07) is 18.0. The molecule has 0 fully saturated rings. The van der Waals surface area contributed by atoms with Crippen LogP contribution in [-0.2, 0) is 19.1 Å². The van der Waals surface area contributed by atoms with Gasteiger partial charge >= 0.3 is 11.9 Å². The molecule has 1 N–H and O–H groups in total. The van der Waals surface area contributed by atoms with Gasteiger partial charge in [-0.25, -0.2) is 9.59 Å². The third-order valence-corrected chi connectivity index (χ3v) is 5.11. The predicted molar refractivity (Wildman–Crippen MR) is 112 cm³/mol. The van der Waals surface area contributed by atoms with Crippen LogP contribution in [0.15, 0.2) is 65.6 Å². The molecule has 0 aliphatic heterocycles. The largest absolute Gasteiger partial charge is 0.464 e. The van der Waals surface area contributed by atoms with E-state index in [1.165, 1.54) is 11.8 Å². The Bertz CT molecular complexity index is 792. The molecule has 0 heterocycles. The summed E-state index contributed by atoms with van der Waals surface area (Å²) in [7, 11) is 0. The molecule has 6 nitrogen and oxygen atoms in total. The number of nitrogens with one attached hydrogen (secondary N) is 1. The van der Waals surface area contributed by atoms with Crippen molar-refractivity contribution in [1.82, 2.24) is 5.32 Å². The van der Waals surface area contributed by atoms with Gasteiger partial charge in [0.2, 0.25) is 5.54 Å². The maximum absolute atomic E-state index is 12.8. The van der Waals surface area contributed by atoms with E-state index in [0.717, 1.165) is 4.90 Å². The third-order valence-electron chi connectivity index (χ3n) is 4.10. The van der Waals surface area contributed by atoms with Gasteiger partial charge in [0.1, 0.15) is 0 Å². The Kier molecular flexibility index (Phi) is 8.73. The average Bonchev–Trinajstić information content (AvgIpc) is 2.74. The van der Waals surface area contributed by atoms with Crippen molar-refractivity contribution in [2.75, 3.05) is 19.0 Å². The molecule has 2 aromatic carbocycles. The maximum atomic E-state index is 12.8. The van der Waals surface area contributed by atoms with Crippen molar-refractivity contribution < 1.29 is 23.9 Å². The Morgan fingerprint density at radius 3 is 1.90 bits per heavy atom. The van der Waals surface area contributed by atoms with Gasteiger partial charge in [-0.2, -0.15) is 0 Å². The second-order valence-electron chi connectivity index (χ2n) is 6.08. The number of rotatable bonds is 10. The molecule has 0 saturated heterocycles. The fraction of sp³-hybridized carbons (Fsp3) is 0.318. The van der Waals surface area contributed by atoms with E-state index in [-0.39, 0.29) is 19.6 Å². The number of ether oxygens (including phenoxy) is 2. The highest BCUT2D eigenvalue weighted by Crippen LogP contribution is 2.24. The Morgan fingerprint density at radius 1 is 0.862 bits per heavy atom. The van der Waals surface area contributed by atoms with Gasteiger partial charge in [0.15, 0.2) is 0 Å². The van der Waals surface area contributed by atoms with E-state index in [1.54, 1.807) is 44.2 Å². The SMILES string of the molecule is CCOC(=O)C(CCSc1ccccc1)(NC(=O)c1ccccc1)C(=O)OCC. The van der Waals surface area contributed by atoms with E-state index in [1.807, 2.05) is 30.3 Å². The molecule has 0 aliphatic rings. The first-order chi connectivity index (χ1) is 14.0. The summed E-state index contributed by atoms with van der Waals surface area (Å²) in [5.74, 6) is -1.79. The molecule has 0 unspecified atom stereocenters. The molecule has 0 atom stereocenters. The first kappa shape index (κ1) is 22.5. The van der Waals surface area contributed by atoms with Crippen LogP contribution in [0.5, 0.6) is 0 Å². The number of benzene rings is 2. The molecule has 0 aliphatic carbocycles. The van der Waals surface area contributed by atoms with Crippen LogP contribution in [0.25, 0.3) is 0 Å². The highest BCUT2D eigenvalue weighted by atomic mass is 32.2. The predicted octanol–water partition coefficient (Wildman–Crippen LogP) is 3.46. The monoisotopic (exact) mass is 415 g/mol. The minimum absolute atomic E-state index is 0.0306. The molecule has 2 aromatic rings. The lowest BCUT2D eigenvalue weighted by Gasteiger charge is -2.30.